The van der Waals surface area contributed by atoms with Crippen molar-refractivity contribution in [2.75, 3.05) is 25.0 Å². The van der Waals surface area contributed by atoms with Crippen LogP contribution >= 0.6 is 0 Å². The molecule has 1 aromatic carbocycles. The van der Waals surface area contributed by atoms with Crippen LogP contribution in [0, 0.1) is 0 Å². The molecule has 3 rings (SSSR count). The summed E-state index contributed by atoms with van der Waals surface area (Å²) in [6.45, 7) is 2.58. The molecule has 1 saturated heterocycles. The Morgan fingerprint density at radius 2 is 1.88 bits per heavy atom. The predicted molar refractivity (Wildman–Crippen MR) is 92.3 cm³/mol. The maximum Gasteiger partial charge on any atom is 0.222 e. The van der Waals surface area contributed by atoms with Crippen LogP contribution in [0.3, 0.4) is 0 Å². The van der Waals surface area contributed by atoms with Crippen molar-refractivity contribution < 1.29 is 10.2 Å². The number of hydrogen-bond donors (Lipinski definition) is 3. The van der Waals surface area contributed by atoms with Gasteiger partial charge in [0.2, 0.25) is 5.95 Å². The van der Waals surface area contributed by atoms with Crippen molar-refractivity contribution in [3.8, 4) is 0 Å². The molecule has 0 unspecified atom stereocenters. The van der Waals surface area contributed by atoms with Crippen LogP contribution in [-0.2, 0) is 13.1 Å². The first-order valence-electron chi connectivity index (χ1n) is 8.31. The van der Waals surface area contributed by atoms with Crippen molar-refractivity contribution in [3.05, 3.63) is 53.9 Å². The Morgan fingerprint density at radius 3 is 2.58 bits per heavy atom. The molecule has 0 spiro atoms. The van der Waals surface area contributed by atoms with Gasteiger partial charge in [-0.05, 0) is 24.9 Å². The Hall–Kier alpha value is -2.02. The summed E-state index contributed by atoms with van der Waals surface area (Å²) in [5, 5.41) is 22.7. The molecule has 1 aliphatic rings. The fraction of sp³-hybridized carbons (Fsp3) is 0.444. The van der Waals surface area contributed by atoms with E-state index in [-0.39, 0.29) is 6.61 Å². The molecule has 0 amide bonds. The number of piperidine rings is 1. The average Bonchev–Trinajstić information content (AvgIpc) is 2.62. The molecule has 0 radical (unpaired) electrons. The van der Waals surface area contributed by atoms with Gasteiger partial charge < -0.3 is 15.5 Å². The highest BCUT2D eigenvalue weighted by atomic mass is 16.3. The highest BCUT2D eigenvalue weighted by Crippen LogP contribution is 2.21. The van der Waals surface area contributed by atoms with Crippen molar-refractivity contribution in [2.45, 2.75) is 31.5 Å². The molecule has 128 valence electrons. The van der Waals surface area contributed by atoms with Crippen LogP contribution in [0.5, 0.6) is 0 Å². The first kappa shape index (κ1) is 16.8. The van der Waals surface area contributed by atoms with Crippen LogP contribution in [0.1, 0.15) is 24.0 Å². The zero-order valence-electron chi connectivity index (χ0n) is 13.7. The summed E-state index contributed by atoms with van der Waals surface area (Å²) in [5.41, 5.74) is 1.21. The second-order valence-corrected chi connectivity index (χ2v) is 6.45. The minimum absolute atomic E-state index is 0.192. The minimum Gasteiger partial charge on any atom is -0.393 e. The van der Waals surface area contributed by atoms with Gasteiger partial charge in [-0.15, -0.1) is 0 Å². The number of nitrogens with zero attached hydrogens (tertiary/aromatic N) is 3. The molecule has 24 heavy (non-hydrogen) atoms. The molecule has 1 atom stereocenters. The second-order valence-electron chi connectivity index (χ2n) is 6.45. The van der Waals surface area contributed by atoms with Crippen molar-refractivity contribution >= 4 is 5.95 Å². The maximum atomic E-state index is 10.2. The van der Waals surface area contributed by atoms with E-state index in [0.29, 0.717) is 32.0 Å². The summed E-state index contributed by atoms with van der Waals surface area (Å²) in [7, 11) is 0. The lowest BCUT2D eigenvalue weighted by molar-refractivity contribution is -0.0687. The summed E-state index contributed by atoms with van der Waals surface area (Å²) in [6.07, 6.45) is 5.16. The van der Waals surface area contributed by atoms with Gasteiger partial charge in [-0.25, -0.2) is 9.97 Å². The van der Waals surface area contributed by atoms with Crippen LogP contribution in [-0.4, -0.2) is 50.4 Å². The number of aliphatic hydroxyl groups excluding tert-OH is 1. The Labute approximate surface area is 142 Å². The number of anilines is 1. The monoisotopic (exact) mass is 328 g/mol. The zero-order valence-corrected chi connectivity index (χ0v) is 13.7. The van der Waals surface area contributed by atoms with Gasteiger partial charge in [0.05, 0.1) is 6.61 Å². The number of benzene rings is 1. The number of β-amino-alcohol motifs (C(OH)–C–C–N with tert-alkyl or cyclic N) is 1. The second kappa shape index (κ2) is 7.70. The van der Waals surface area contributed by atoms with Crippen molar-refractivity contribution in [2.24, 2.45) is 0 Å². The molecule has 2 heterocycles. The Kier molecular flexibility index (Phi) is 5.40. The quantitative estimate of drug-likeness (QED) is 0.744. The molecule has 0 saturated carbocycles. The lowest BCUT2D eigenvalue weighted by atomic mass is 9.93. The molecule has 0 aliphatic carbocycles. The number of nitrogens with one attached hydrogen (secondary N) is 1. The summed E-state index contributed by atoms with van der Waals surface area (Å²) < 4.78 is 0. The van der Waals surface area contributed by atoms with E-state index in [1.807, 2.05) is 30.6 Å². The van der Waals surface area contributed by atoms with Crippen LogP contribution in [0.2, 0.25) is 0 Å². The Balaban J connectivity index is 1.53. The van der Waals surface area contributed by atoms with E-state index in [9.17, 15) is 10.2 Å². The lowest BCUT2D eigenvalue weighted by Gasteiger charge is -2.37. The smallest absolute Gasteiger partial charge is 0.222 e. The molecule has 6 heteroatoms. The normalized spacial score (nSPS) is 21.6. The molecule has 2 aromatic rings. The van der Waals surface area contributed by atoms with E-state index < -0.39 is 5.60 Å². The first-order chi connectivity index (χ1) is 11.7. The van der Waals surface area contributed by atoms with E-state index in [1.165, 1.54) is 5.56 Å². The number of hydrogen-bond acceptors (Lipinski definition) is 6. The summed E-state index contributed by atoms with van der Waals surface area (Å²) in [4.78, 5) is 10.8. The van der Waals surface area contributed by atoms with Crippen LogP contribution < -0.4 is 5.32 Å². The van der Waals surface area contributed by atoms with Crippen LogP contribution in [0.4, 0.5) is 5.95 Å². The predicted octanol–water partition coefficient (Wildman–Crippen LogP) is 1.41. The molecular formula is C18H24N4O2. The summed E-state index contributed by atoms with van der Waals surface area (Å²) in [6, 6.07) is 10.1. The number of aromatic nitrogens is 2. The number of aliphatic hydroxyl groups is 2. The van der Waals surface area contributed by atoms with Crippen molar-refractivity contribution in [1.29, 1.82) is 0 Å². The maximum absolute atomic E-state index is 10.2. The Bertz CT molecular complexity index is 635. The highest BCUT2D eigenvalue weighted by Gasteiger charge is 2.32. The molecule has 1 aliphatic heterocycles. The fourth-order valence-corrected chi connectivity index (χ4v) is 3.03. The molecule has 1 aromatic heterocycles. The van der Waals surface area contributed by atoms with Crippen molar-refractivity contribution in [1.82, 2.24) is 14.9 Å². The number of likely N-dealkylation sites (tertiary alicyclic amines) is 1. The van der Waals surface area contributed by atoms with Gasteiger partial charge in [-0.2, -0.15) is 0 Å². The third-order valence-corrected chi connectivity index (χ3v) is 4.33. The topological polar surface area (TPSA) is 81.5 Å². The molecule has 3 N–H and O–H groups in total. The third-order valence-electron chi connectivity index (χ3n) is 4.33. The van der Waals surface area contributed by atoms with Gasteiger partial charge in [0.15, 0.2) is 0 Å². The highest BCUT2D eigenvalue weighted by molar-refractivity contribution is 5.27. The van der Waals surface area contributed by atoms with Crippen LogP contribution in [0.25, 0.3) is 0 Å². The standard InChI is InChI=1S/C18H24N4O2/c23-14-18(24)7-4-8-22(13-18)12-16-10-20-17(21-11-16)19-9-15-5-2-1-3-6-15/h1-3,5-6,10-11,23-24H,4,7-9,12-14H2,(H,19,20,21)/t18-/m0/s1. The van der Waals surface area contributed by atoms with E-state index in [1.54, 1.807) is 0 Å². The first-order valence-corrected chi connectivity index (χ1v) is 8.31. The molecule has 0 bridgehead atoms. The van der Waals surface area contributed by atoms with Gasteiger partial charge in [-0.1, -0.05) is 30.3 Å². The van der Waals surface area contributed by atoms with E-state index >= 15 is 0 Å². The Morgan fingerprint density at radius 1 is 1.12 bits per heavy atom. The SMILES string of the molecule is OC[C@]1(O)CCCN(Cc2cnc(NCc3ccccc3)nc2)C1. The summed E-state index contributed by atoms with van der Waals surface area (Å²) >= 11 is 0. The number of rotatable bonds is 6. The molecule has 6 nitrogen and oxygen atoms in total. The zero-order chi connectivity index (χ0) is 16.8. The van der Waals surface area contributed by atoms with Gasteiger partial charge in [0.1, 0.15) is 5.60 Å². The van der Waals surface area contributed by atoms with Gasteiger partial charge >= 0.3 is 0 Å². The molecule has 1 fully saturated rings. The van der Waals surface area contributed by atoms with Gasteiger partial charge in [-0.3, -0.25) is 4.90 Å². The van der Waals surface area contributed by atoms with Gasteiger partial charge in [0, 0.05) is 37.6 Å². The lowest BCUT2D eigenvalue weighted by Crippen LogP contribution is -2.50. The van der Waals surface area contributed by atoms with Crippen LogP contribution in [0.15, 0.2) is 42.7 Å². The van der Waals surface area contributed by atoms with E-state index in [2.05, 4.69) is 32.3 Å². The van der Waals surface area contributed by atoms with Crippen molar-refractivity contribution in [3.63, 3.8) is 0 Å². The third kappa shape index (κ3) is 4.50. The van der Waals surface area contributed by atoms with E-state index in [4.69, 9.17) is 0 Å². The average molecular weight is 328 g/mol. The van der Waals surface area contributed by atoms with Gasteiger partial charge in [0.25, 0.3) is 0 Å². The fourth-order valence-electron chi connectivity index (χ4n) is 3.03. The van der Waals surface area contributed by atoms with E-state index in [0.717, 1.165) is 18.5 Å². The molecular weight excluding hydrogens is 304 g/mol. The largest absolute Gasteiger partial charge is 0.393 e. The summed E-state index contributed by atoms with van der Waals surface area (Å²) in [5.74, 6) is 0.605. The minimum atomic E-state index is -0.976.